The van der Waals surface area contributed by atoms with Gasteiger partial charge in [0.15, 0.2) is 0 Å². The molecular weight excluding hydrogens is 372 g/mol. The fourth-order valence-corrected chi connectivity index (χ4v) is 5.56. The quantitative estimate of drug-likeness (QED) is 0.697. The van der Waals surface area contributed by atoms with Crippen LogP contribution in [0.15, 0.2) is 0 Å². The molecule has 3 saturated heterocycles. The lowest BCUT2D eigenvalue weighted by molar-refractivity contribution is -0.139. The van der Waals surface area contributed by atoms with Crippen LogP contribution in [-0.4, -0.2) is 96.5 Å². The average molecular weight is 421 g/mol. The van der Waals surface area contributed by atoms with Gasteiger partial charge in [-0.3, -0.25) is 9.69 Å². The van der Waals surface area contributed by atoms with Crippen LogP contribution >= 0.6 is 0 Å². The summed E-state index contributed by atoms with van der Waals surface area (Å²) in [4.78, 5) is 23.1. The smallest absolute Gasteiger partial charge is 0.225 e. The lowest BCUT2D eigenvalue weighted by Gasteiger charge is -2.43. The van der Waals surface area contributed by atoms with Crippen molar-refractivity contribution in [2.45, 2.75) is 72.8 Å². The number of hydrogen-bond donors (Lipinski definition) is 0. The summed E-state index contributed by atoms with van der Waals surface area (Å²) in [6, 6.07) is 0. The van der Waals surface area contributed by atoms with Gasteiger partial charge in [0.25, 0.3) is 0 Å². The lowest BCUT2D eigenvalue weighted by Crippen LogP contribution is -2.51. The normalized spacial score (nSPS) is 25.1. The summed E-state index contributed by atoms with van der Waals surface area (Å²) in [7, 11) is 0. The highest BCUT2D eigenvalue weighted by molar-refractivity contribution is 5.79. The predicted molar refractivity (Wildman–Crippen MR) is 126 cm³/mol. The Hall–Kier alpha value is -0.650. The number of likely N-dealkylation sites (tertiary alicyclic amines) is 2. The Morgan fingerprint density at radius 3 is 1.77 bits per heavy atom. The average Bonchev–Trinajstić information content (AvgIpc) is 2.68. The van der Waals surface area contributed by atoms with Crippen LogP contribution in [-0.2, 0) is 4.79 Å². The van der Waals surface area contributed by atoms with E-state index in [9.17, 15) is 4.79 Å². The van der Waals surface area contributed by atoms with Crippen LogP contribution in [0.2, 0.25) is 0 Å². The first-order valence-electron chi connectivity index (χ1n) is 12.5. The summed E-state index contributed by atoms with van der Waals surface area (Å²) >= 11 is 0. The molecule has 0 unspecified atom stereocenters. The molecule has 0 aromatic carbocycles. The van der Waals surface area contributed by atoms with Crippen molar-refractivity contribution < 1.29 is 4.79 Å². The molecule has 1 amide bonds. The van der Waals surface area contributed by atoms with Gasteiger partial charge in [-0.05, 0) is 70.9 Å². The third-order valence-corrected chi connectivity index (χ3v) is 7.40. The highest BCUT2D eigenvalue weighted by Crippen LogP contribution is 2.27. The zero-order chi connectivity index (χ0) is 21.9. The summed E-state index contributed by atoms with van der Waals surface area (Å²) < 4.78 is 0. The van der Waals surface area contributed by atoms with E-state index in [2.05, 4.69) is 61.1 Å². The maximum Gasteiger partial charge on any atom is 0.225 e. The van der Waals surface area contributed by atoms with Crippen molar-refractivity contribution in [3.63, 3.8) is 0 Å². The zero-order valence-corrected chi connectivity index (χ0v) is 20.8. The monoisotopic (exact) mass is 420 g/mol. The van der Waals surface area contributed by atoms with Gasteiger partial charge in [-0.25, -0.2) is 0 Å². The van der Waals surface area contributed by atoms with E-state index in [1.807, 2.05) is 0 Å². The van der Waals surface area contributed by atoms with Gasteiger partial charge in [-0.1, -0.05) is 20.8 Å². The molecule has 0 N–H and O–H groups in total. The molecule has 3 fully saturated rings. The standard InChI is InChI=1S/C25H48N4O/c1-24(2,3)20-27-17-15-26(16-18-27)19-21-7-11-28(12-8-21)23(30)22-9-13-29(14-10-22)25(4,5)6/h21-22H,7-20H2,1-6H3. The molecule has 0 radical (unpaired) electrons. The van der Waals surface area contributed by atoms with Crippen LogP contribution in [0.3, 0.4) is 0 Å². The van der Waals surface area contributed by atoms with Gasteiger partial charge >= 0.3 is 0 Å². The minimum absolute atomic E-state index is 0.227. The molecule has 0 spiro atoms. The molecule has 0 aromatic heterocycles. The molecule has 0 aliphatic carbocycles. The van der Waals surface area contributed by atoms with Crippen molar-refractivity contribution >= 4 is 5.91 Å². The molecule has 174 valence electrons. The van der Waals surface area contributed by atoms with Crippen LogP contribution < -0.4 is 0 Å². The van der Waals surface area contributed by atoms with Crippen molar-refractivity contribution in [2.24, 2.45) is 17.3 Å². The summed E-state index contributed by atoms with van der Waals surface area (Å²) in [5, 5.41) is 0. The highest BCUT2D eigenvalue weighted by atomic mass is 16.2. The summed E-state index contributed by atoms with van der Waals surface area (Å²) in [5.74, 6) is 1.47. The Morgan fingerprint density at radius 2 is 1.27 bits per heavy atom. The minimum atomic E-state index is 0.227. The SMILES string of the molecule is CC(C)(C)CN1CCN(CC2CCN(C(=O)C3CCN(C(C)(C)C)CC3)CC2)CC1. The van der Waals surface area contributed by atoms with Crippen molar-refractivity contribution in [2.75, 3.05) is 65.4 Å². The number of carbonyl (C=O) groups excluding carboxylic acids is 1. The topological polar surface area (TPSA) is 30.0 Å². The first-order valence-corrected chi connectivity index (χ1v) is 12.5. The second-order valence-corrected chi connectivity index (χ2v) is 12.3. The van der Waals surface area contributed by atoms with E-state index in [4.69, 9.17) is 0 Å². The first kappa shape index (κ1) is 24.0. The van der Waals surface area contributed by atoms with E-state index >= 15 is 0 Å². The van der Waals surface area contributed by atoms with Gasteiger partial charge < -0.3 is 14.7 Å². The number of amides is 1. The largest absolute Gasteiger partial charge is 0.342 e. The highest BCUT2D eigenvalue weighted by Gasteiger charge is 2.34. The van der Waals surface area contributed by atoms with E-state index in [-0.39, 0.29) is 11.5 Å². The number of piperidine rings is 2. The summed E-state index contributed by atoms with van der Waals surface area (Å²) in [6.07, 6.45) is 4.45. The molecular formula is C25H48N4O. The number of piperazine rings is 1. The van der Waals surface area contributed by atoms with Crippen LogP contribution in [0, 0.1) is 17.3 Å². The first-order chi connectivity index (χ1) is 14.0. The number of nitrogens with zero attached hydrogens (tertiary/aromatic N) is 4. The maximum atomic E-state index is 13.0. The Balaban J connectivity index is 1.35. The molecule has 3 rings (SSSR count). The van der Waals surface area contributed by atoms with Gasteiger partial charge in [-0.2, -0.15) is 0 Å². The van der Waals surface area contributed by atoms with Crippen molar-refractivity contribution in [1.82, 2.24) is 19.6 Å². The van der Waals surface area contributed by atoms with Crippen LogP contribution in [0.5, 0.6) is 0 Å². The fourth-order valence-electron chi connectivity index (χ4n) is 5.56. The Kier molecular flexibility index (Phi) is 7.90. The molecule has 0 bridgehead atoms. The Morgan fingerprint density at radius 1 is 0.733 bits per heavy atom. The zero-order valence-electron chi connectivity index (χ0n) is 20.8. The van der Waals surface area contributed by atoms with Crippen LogP contribution in [0.1, 0.15) is 67.2 Å². The second-order valence-electron chi connectivity index (χ2n) is 12.3. The van der Waals surface area contributed by atoms with E-state index < -0.39 is 0 Å². The third-order valence-electron chi connectivity index (χ3n) is 7.40. The molecule has 5 nitrogen and oxygen atoms in total. The predicted octanol–water partition coefficient (Wildman–Crippen LogP) is 3.40. The molecule has 3 aliphatic heterocycles. The molecule has 0 atom stereocenters. The number of hydrogen-bond acceptors (Lipinski definition) is 4. The fraction of sp³-hybridized carbons (Fsp3) is 0.960. The van der Waals surface area contributed by atoms with Crippen molar-refractivity contribution in [1.29, 1.82) is 0 Å². The maximum absolute atomic E-state index is 13.0. The Bertz CT molecular complexity index is 540. The molecule has 30 heavy (non-hydrogen) atoms. The third kappa shape index (κ3) is 6.93. The number of rotatable bonds is 4. The molecule has 3 heterocycles. The van der Waals surface area contributed by atoms with Gasteiger partial charge in [0, 0.05) is 63.8 Å². The van der Waals surface area contributed by atoms with Crippen LogP contribution in [0.25, 0.3) is 0 Å². The van der Waals surface area contributed by atoms with E-state index in [1.54, 1.807) is 0 Å². The van der Waals surface area contributed by atoms with Crippen molar-refractivity contribution in [3.8, 4) is 0 Å². The molecule has 3 aliphatic rings. The summed E-state index contributed by atoms with van der Waals surface area (Å²) in [5.41, 5.74) is 0.621. The van der Waals surface area contributed by atoms with Gasteiger partial charge in [0.05, 0.1) is 0 Å². The van der Waals surface area contributed by atoms with E-state index in [1.165, 1.54) is 52.1 Å². The summed E-state index contributed by atoms with van der Waals surface area (Å²) in [6.45, 7) is 25.2. The molecule has 0 aromatic rings. The lowest BCUT2D eigenvalue weighted by atomic mass is 9.90. The number of carbonyl (C=O) groups is 1. The van der Waals surface area contributed by atoms with E-state index in [0.717, 1.165) is 44.9 Å². The molecule has 5 heteroatoms. The van der Waals surface area contributed by atoms with Gasteiger partial charge in [0.1, 0.15) is 0 Å². The van der Waals surface area contributed by atoms with E-state index in [0.29, 0.717) is 11.3 Å². The van der Waals surface area contributed by atoms with Crippen LogP contribution in [0.4, 0.5) is 0 Å². The van der Waals surface area contributed by atoms with Gasteiger partial charge in [-0.15, -0.1) is 0 Å². The van der Waals surface area contributed by atoms with Gasteiger partial charge in [0.2, 0.25) is 5.91 Å². The Labute approximate surface area is 186 Å². The van der Waals surface area contributed by atoms with Crippen molar-refractivity contribution in [3.05, 3.63) is 0 Å². The minimum Gasteiger partial charge on any atom is -0.342 e. The molecule has 0 saturated carbocycles. The second kappa shape index (κ2) is 9.87.